The van der Waals surface area contributed by atoms with Gasteiger partial charge >= 0.3 is 5.88 Å². The van der Waals surface area contributed by atoms with Crippen molar-refractivity contribution in [3.63, 3.8) is 0 Å². The summed E-state index contributed by atoms with van der Waals surface area (Å²) in [6, 6.07) is 18.0. The monoisotopic (exact) mass is 497 g/mol. The summed E-state index contributed by atoms with van der Waals surface area (Å²) in [6.45, 7) is 0.0277. The SMILES string of the molecule is Nn1c(COc2ccc(Cl)cc2)nnc1S/C(=C/C(=O)c1ccccc1)c1ccc([N+](=O)[O-])o1. The molecule has 4 rings (SSSR count). The highest BCUT2D eigenvalue weighted by Gasteiger charge is 2.20. The molecular formula is C22H16ClN5O5S. The summed E-state index contributed by atoms with van der Waals surface area (Å²) < 4.78 is 12.2. The van der Waals surface area contributed by atoms with Crippen molar-refractivity contribution in [2.24, 2.45) is 0 Å². The summed E-state index contributed by atoms with van der Waals surface area (Å²) in [7, 11) is 0. The lowest BCUT2D eigenvalue weighted by Gasteiger charge is -2.07. The van der Waals surface area contributed by atoms with Gasteiger partial charge in [0, 0.05) is 16.7 Å². The minimum absolute atomic E-state index is 0.0277. The molecule has 0 radical (unpaired) electrons. The molecule has 0 saturated heterocycles. The molecule has 0 spiro atoms. The average molecular weight is 498 g/mol. The molecule has 12 heteroatoms. The number of carbonyl (C=O) groups is 1. The van der Waals surface area contributed by atoms with Gasteiger partial charge in [0.15, 0.2) is 11.6 Å². The first-order chi connectivity index (χ1) is 16.4. The minimum Gasteiger partial charge on any atom is -0.486 e. The van der Waals surface area contributed by atoms with E-state index in [1.165, 1.54) is 22.9 Å². The molecule has 0 aliphatic carbocycles. The molecule has 0 unspecified atom stereocenters. The number of allylic oxidation sites excluding steroid dienone is 1. The van der Waals surface area contributed by atoms with E-state index in [-0.39, 0.29) is 28.2 Å². The number of ketones is 1. The number of nitro groups is 1. The normalized spacial score (nSPS) is 11.4. The fourth-order valence-corrected chi connectivity index (χ4v) is 3.75. The number of rotatable bonds is 9. The fourth-order valence-electron chi connectivity index (χ4n) is 2.77. The molecule has 172 valence electrons. The molecule has 0 aliphatic rings. The molecule has 0 bridgehead atoms. The quantitative estimate of drug-likeness (QED) is 0.0866. The smallest absolute Gasteiger partial charge is 0.433 e. The lowest BCUT2D eigenvalue weighted by Crippen LogP contribution is -2.15. The van der Waals surface area contributed by atoms with Crippen molar-refractivity contribution in [2.75, 3.05) is 5.84 Å². The first kappa shape index (κ1) is 23.1. The molecular weight excluding hydrogens is 482 g/mol. The highest BCUT2D eigenvalue weighted by Crippen LogP contribution is 2.35. The van der Waals surface area contributed by atoms with E-state index in [0.29, 0.717) is 22.2 Å². The molecule has 2 aromatic carbocycles. The van der Waals surface area contributed by atoms with Crippen LogP contribution in [0.25, 0.3) is 4.91 Å². The number of halogens is 1. The number of thioether (sulfide) groups is 1. The van der Waals surface area contributed by atoms with Crippen LogP contribution >= 0.6 is 23.4 Å². The number of carbonyl (C=O) groups excluding carboxylic acids is 1. The van der Waals surface area contributed by atoms with Crippen LogP contribution in [0.5, 0.6) is 5.75 Å². The first-order valence-corrected chi connectivity index (χ1v) is 10.9. The van der Waals surface area contributed by atoms with Crippen molar-refractivity contribution >= 4 is 39.9 Å². The van der Waals surface area contributed by atoms with Gasteiger partial charge < -0.3 is 15.0 Å². The van der Waals surface area contributed by atoms with Gasteiger partial charge in [-0.1, -0.05) is 41.9 Å². The van der Waals surface area contributed by atoms with Gasteiger partial charge in [0.2, 0.25) is 5.16 Å². The third-order valence-electron chi connectivity index (χ3n) is 4.45. The van der Waals surface area contributed by atoms with Crippen molar-refractivity contribution in [3.8, 4) is 5.75 Å². The Morgan fingerprint density at radius 3 is 2.56 bits per heavy atom. The molecule has 34 heavy (non-hydrogen) atoms. The number of nitrogens with two attached hydrogens (primary N) is 1. The molecule has 0 aliphatic heterocycles. The zero-order valence-corrected chi connectivity index (χ0v) is 18.9. The minimum atomic E-state index is -0.664. The van der Waals surface area contributed by atoms with Gasteiger partial charge in [-0.2, -0.15) is 0 Å². The molecule has 4 aromatic rings. The Morgan fingerprint density at radius 2 is 1.88 bits per heavy atom. The van der Waals surface area contributed by atoms with Gasteiger partial charge in [0.05, 0.1) is 11.0 Å². The van der Waals surface area contributed by atoms with Crippen molar-refractivity contribution in [1.29, 1.82) is 0 Å². The average Bonchev–Trinajstić information content (AvgIpc) is 3.47. The standard InChI is InChI=1S/C22H16ClN5O5S/c23-15-6-8-16(9-7-15)32-13-20-25-26-22(27(20)24)34-19(18-10-11-21(33-18)28(30)31)12-17(29)14-4-2-1-3-5-14/h1-12H,13,24H2/b19-12+. The van der Waals surface area contributed by atoms with E-state index in [0.717, 1.165) is 11.8 Å². The number of hydrogen-bond donors (Lipinski definition) is 1. The number of aromatic nitrogens is 3. The van der Waals surface area contributed by atoms with Crippen molar-refractivity contribution in [3.05, 3.63) is 105 Å². The molecule has 0 amide bonds. The van der Waals surface area contributed by atoms with Crippen molar-refractivity contribution in [2.45, 2.75) is 11.8 Å². The van der Waals surface area contributed by atoms with Gasteiger partial charge in [-0.25, -0.2) is 4.68 Å². The summed E-state index contributed by atoms with van der Waals surface area (Å²) in [4.78, 5) is 23.4. The Balaban J connectivity index is 1.58. The molecule has 2 heterocycles. The third-order valence-corrected chi connectivity index (χ3v) is 5.70. The molecule has 2 aromatic heterocycles. The molecule has 0 atom stereocenters. The summed E-state index contributed by atoms with van der Waals surface area (Å²) in [5.41, 5.74) is 0.438. The van der Waals surface area contributed by atoms with E-state index >= 15 is 0 Å². The second-order valence-electron chi connectivity index (χ2n) is 6.75. The zero-order chi connectivity index (χ0) is 24.1. The van der Waals surface area contributed by atoms with Crippen LogP contribution in [0.3, 0.4) is 0 Å². The Bertz CT molecular complexity index is 1350. The number of furan rings is 1. The lowest BCUT2D eigenvalue weighted by molar-refractivity contribution is -0.402. The Labute approximate surface area is 202 Å². The number of nitrogen functional groups attached to an aromatic ring is 1. The Kier molecular flexibility index (Phi) is 6.95. The summed E-state index contributed by atoms with van der Waals surface area (Å²) >= 11 is 6.85. The van der Waals surface area contributed by atoms with Crippen LogP contribution < -0.4 is 10.6 Å². The molecule has 10 nitrogen and oxygen atoms in total. The summed E-state index contributed by atoms with van der Waals surface area (Å²) in [6.07, 6.45) is 1.31. The van der Waals surface area contributed by atoms with Crippen molar-refractivity contribution in [1.82, 2.24) is 14.9 Å². The molecule has 2 N–H and O–H groups in total. The van der Waals surface area contributed by atoms with E-state index < -0.39 is 10.8 Å². The molecule has 0 fully saturated rings. The predicted octanol–water partition coefficient (Wildman–Crippen LogP) is 4.74. The third kappa shape index (κ3) is 5.45. The maximum Gasteiger partial charge on any atom is 0.433 e. The Morgan fingerprint density at radius 1 is 1.15 bits per heavy atom. The topological polar surface area (TPSA) is 139 Å². The van der Waals surface area contributed by atoms with Crippen LogP contribution in [-0.4, -0.2) is 25.6 Å². The lowest BCUT2D eigenvalue weighted by atomic mass is 10.1. The predicted molar refractivity (Wildman–Crippen MR) is 126 cm³/mol. The van der Waals surface area contributed by atoms with E-state index in [2.05, 4.69) is 10.2 Å². The van der Waals surface area contributed by atoms with E-state index in [1.54, 1.807) is 54.6 Å². The van der Waals surface area contributed by atoms with E-state index in [1.807, 2.05) is 0 Å². The number of benzene rings is 2. The molecule has 0 saturated carbocycles. The van der Waals surface area contributed by atoms with Crippen LogP contribution in [0, 0.1) is 10.1 Å². The second kappa shape index (κ2) is 10.2. The number of nitrogens with zero attached hydrogens (tertiary/aromatic N) is 4. The van der Waals surface area contributed by atoms with Crippen molar-refractivity contribution < 1.29 is 18.9 Å². The van der Waals surface area contributed by atoms with Gasteiger partial charge in [0.25, 0.3) is 0 Å². The van der Waals surface area contributed by atoms with E-state index in [4.69, 9.17) is 26.6 Å². The van der Waals surface area contributed by atoms with E-state index in [9.17, 15) is 14.9 Å². The van der Waals surface area contributed by atoms with Crippen LogP contribution in [0.1, 0.15) is 21.9 Å². The van der Waals surface area contributed by atoms with Gasteiger partial charge in [-0.05, 0) is 42.1 Å². The highest BCUT2D eigenvalue weighted by atomic mass is 35.5. The van der Waals surface area contributed by atoms with Gasteiger partial charge in [-0.3, -0.25) is 14.9 Å². The van der Waals surface area contributed by atoms with Gasteiger partial charge in [0.1, 0.15) is 23.0 Å². The summed E-state index contributed by atoms with van der Waals surface area (Å²) in [5, 5.41) is 19.9. The second-order valence-corrected chi connectivity index (χ2v) is 8.19. The van der Waals surface area contributed by atoms with Gasteiger partial charge in [-0.15, -0.1) is 10.2 Å². The number of ether oxygens (including phenoxy) is 1. The van der Waals surface area contributed by atoms with Crippen LogP contribution in [0.2, 0.25) is 5.02 Å². The fraction of sp³-hybridized carbons (Fsp3) is 0.0455. The maximum absolute atomic E-state index is 12.8. The maximum atomic E-state index is 12.8. The summed E-state index contributed by atoms with van der Waals surface area (Å²) in [5.74, 6) is 6.35. The first-order valence-electron chi connectivity index (χ1n) is 9.72. The largest absolute Gasteiger partial charge is 0.486 e. The zero-order valence-electron chi connectivity index (χ0n) is 17.3. The van der Waals surface area contributed by atoms with Crippen LogP contribution in [-0.2, 0) is 6.61 Å². The number of hydrogen-bond acceptors (Lipinski definition) is 9. The Hall–Kier alpha value is -4.09. The highest BCUT2D eigenvalue weighted by molar-refractivity contribution is 8.08. The van der Waals surface area contributed by atoms with Crippen LogP contribution in [0.15, 0.2) is 82.4 Å². The van der Waals surface area contributed by atoms with Crippen LogP contribution in [0.4, 0.5) is 5.88 Å².